The molecule has 0 aliphatic heterocycles. The van der Waals surface area contributed by atoms with Crippen molar-refractivity contribution in [3.05, 3.63) is 53.7 Å². The molecule has 1 aromatic carbocycles. The molecule has 0 spiro atoms. The van der Waals surface area contributed by atoms with Gasteiger partial charge in [-0.2, -0.15) is 0 Å². The van der Waals surface area contributed by atoms with E-state index in [9.17, 15) is 4.79 Å². The third kappa shape index (κ3) is 7.38. The summed E-state index contributed by atoms with van der Waals surface area (Å²) in [6.45, 7) is 6.46. The number of aliphatic imine (C=N–C) groups is 1. The third-order valence-corrected chi connectivity index (χ3v) is 3.60. The number of nitrogens with two attached hydrogens (primary N) is 1. The number of aryl methyl sites for hydroxylation is 1. The molecule has 0 saturated carbocycles. The Kier molecular flexibility index (Phi) is 9.04. The molecule has 140 valence electrons. The van der Waals surface area contributed by atoms with Crippen LogP contribution in [0.2, 0.25) is 0 Å². The molecule has 0 saturated heterocycles. The third-order valence-electron chi connectivity index (χ3n) is 3.60. The number of anilines is 2. The molecule has 1 heterocycles. The Labute approximate surface area is 171 Å². The molecule has 0 aliphatic carbocycles. The maximum atomic E-state index is 11.9. The molecule has 0 bridgehead atoms. The minimum atomic E-state index is -0.142. The van der Waals surface area contributed by atoms with E-state index < -0.39 is 0 Å². The average Bonchev–Trinajstić information content (AvgIpc) is 2.55. The highest BCUT2D eigenvalue weighted by Gasteiger charge is 2.04. The highest BCUT2D eigenvalue weighted by Crippen LogP contribution is 2.18. The molecular formula is C19H26IN5O. The van der Waals surface area contributed by atoms with Gasteiger partial charge in [-0.3, -0.25) is 9.79 Å². The number of halogens is 1. The Morgan fingerprint density at radius 2 is 1.92 bits per heavy atom. The zero-order valence-electron chi connectivity index (χ0n) is 15.3. The number of hydrogen-bond acceptors (Lipinski definition) is 3. The van der Waals surface area contributed by atoms with Gasteiger partial charge in [-0.25, -0.2) is 4.98 Å². The lowest BCUT2D eigenvalue weighted by Gasteiger charge is -2.10. The predicted octanol–water partition coefficient (Wildman–Crippen LogP) is 3.89. The summed E-state index contributed by atoms with van der Waals surface area (Å²) >= 11 is 0. The number of nitrogens with zero attached hydrogens (tertiary/aromatic N) is 2. The monoisotopic (exact) mass is 467 g/mol. The topological polar surface area (TPSA) is 92.4 Å². The van der Waals surface area contributed by atoms with Gasteiger partial charge in [-0.1, -0.05) is 32.0 Å². The second kappa shape index (κ2) is 10.7. The number of aromatic nitrogens is 1. The van der Waals surface area contributed by atoms with Crippen molar-refractivity contribution < 1.29 is 4.79 Å². The second-order valence-electron chi connectivity index (χ2n) is 6.13. The van der Waals surface area contributed by atoms with E-state index >= 15 is 0 Å². The number of guanidine groups is 1. The van der Waals surface area contributed by atoms with Crippen LogP contribution in [0.5, 0.6) is 0 Å². The fourth-order valence-corrected chi connectivity index (χ4v) is 2.26. The van der Waals surface area contributed by atoms with Crippen LogP contribution in [0.25, 0.3) is 0 Å². The van der Waals surface area contributed by atoms with Crippen LogP contribution in [0.15, 0.2) is 47.5 Å². The molecule has 0 radical (unpaired) electrons. The van der Waals surface area contributed by atoms with Gasteiger partial charge in [0.15, 0.2) is 5.96 Å². The van der Waals surface area contributed by atoms with E-state index in [0.717, 1.165) is 11.4 Å². The van der Waals surface area contributed by atoms with Gasteiger partial charge in [-0.05, 0) is 42.7 Å². The van der Waals surface area contributed by atoms with Crippen LogP contribution < -0.4 is 16.4 Å². The lowest BCUT2D eigenvalue weighted by Crippen LogP contribution is -2.23. The van der Waals surface area contributed by atoms with Crippen molar-refractivity contribution in [1.82, 2.24) is 4.98 Å². The first-order chi connectivity index (χ1) is 11.9. The van der Waals surface area contributed by atoms with Gasteiger partial charge in [0, 0.05) is 17.8 Å². The number of pyridine rings is 1. The molecule has 0 fully saturated rings. The molecule has 4 N–H and O–H groups in total. The van der Waals surface area contributed by atoms with Gasteiger partial charge in [0.2, 0.25) is 5.91 Å². The largest absolute Gasteiger partial charge is 0.370 e. The number of amides is 1. The quantitative estimate of drug-likeness (QED) is 0.342. The summed E-state index contributed by atoms with van der Waals surface area (Å²) in [7, 11) is 0. The van der Waals surface area contributed by atoms with Crippen LogP contribution in [0, 0.1) is 6.92 Å². The summed E-state index contributed by atoms with van der Waals surface area (Å²) in [5.74, 6) is 1.14. The molecule has 26 heavy (non-hydrogen) atoms. The number of hydrogen-bond donors (Lipinski definition) is 3. The van der Waals surface area contributed by atoms with Crippen LogP contribution in [0.1, 0.15) is 37.4 Å². The number of nitrogens with one attached hydrogen (secondary N) is 2. The fraction of sp³-hybridized carbons (Fsp3) is 0.316. The van der Waals surface area contributed by atoms with E-state index in [2.05, 4.69) is 40.5 Å². The van der Waals surface area contributed by atoms with Crippen LogP contribution in [0.4, 0.5) is 11.5 Å². The molecule has 2 rings (SSSR count). The van der Waals surface area contributed by atoms with Crippen molar-refractivity contribution in [2.45, 2.75) is 33.1 Å². The SMILES string of the molecule is Cc1cccc(NC(=O)CCN=C(N)Nc2cccc(C(C)C)c2)n1.I. The van der Waals surface area contributed by atoms with Gasteiger partial charge in [0.25, 0.3) is 0 Å². The fourth-order valence-electron chi connectivity index (χ4n) is 2.26. The van der Waals surface area contributed by atoms with E-state index in [4.69, 9.17) is 5.73 Å². The number of rotatable bonds is 6. The van der Waals surface area contributed by atoms with Gasteiger partial charge in [0.05, 0.1) is 6.54 Å². The zero-order chi connectivity index (χ0) is 18.2. The van der Waals surface area contributed by atoms with Crippen molar-refractivity contribution in [2.24, 2.45) is 10.7 Å². The number of carbonyl (C=O) groups is 1. The summed E-state index contributed by atoms with van der Waals surface area (Å²) in [5.41, 5.74) is 8.85. The van der Waals surface area contributed by atoms with Crippen molar-refractivity contribution >= 4 is 47.3 Å². The summed E-state index contributed by atoms with van der Waals surface area (Å²) in [5, 5.41) is 5.80. The van der Waals surface area contributed by atoms with Crippen molar-refractivity contribution in [3.63, 3.8) is 0 Å². The van der Waals surface area contributed by atoms with E-state index in [1.165, 1.54) is 5.56 Å². The van der Waals surface area contributed by atoms with Gasteiger partial charge in [-0.15, -0.1) is 24.0 Å². The van der Waals surface area contributed by atoms with E-state index in [0.29, 0.717) is 24.2 Å². The molecule has 1 amide bonds. The van der Waals surface area contributed by atoms with E-state index in [-0.39, 0.29) is 36.3 Å². The Morgan fingerprint density at radius 3 is 2.62 bits per heavy atom. The van der Waals surface area contributed by atoms with Gasteiger partial charge in [0.1, 0.15) is 5.82 Å². The molecule has 7 heteroatoms. The van der Waals surface area contributed by atoms with Gasteiger partial charge >= 0.3 is 0 Å². The number of carbonyl (C=O) groups excluding carboxylic acids is 1. The maximum Gasteiger partial charge on any atom is 0.227 e. The smallest absolute Gasteiger partial charge is 0.227 e. The minimum absolute atomic E-state index is 0. The molecule has 1 aromatic heterocycles. The Hall–Kier alpha value is -2.16. The summed E-state index contributed by atoms with van der Waals surface area (Å²) in [6, 6.07) is 13.5. The second-order valence-corrected chi connectivity index (χ2v) is 6.13. The lowest BCUT2D eigenvalue weighted by atomic mass is 10.0. The molecule has 6 nitrogen and oxygen atoms in total. The first-order valence-electron chi connectivity index (χ1n) is 8.34. The highest BCUT2D eigenvalue weighted by molar-refractivity contribution is 14.0. The first-order valence-corrected chi connectivity index (χ1v) is 8.34. The normalized spacial score (nSPS) is 11.0. The zero-order valence-corrected chi connectivity index (χ0v) is 17.7. The Bertz CT molecular complexity index is 761. The molecule has 0 unspecified atom stereocenters. The van der Waals surface area contributed by atoms with Crippen LogP contribution in [0.3, 0.4) is 0 Å². The summed E-state index contributed by atoms with van der Waals surface area (Å²) in [6.07, 6.45) is 0.240. The average molecular weight is 467 g/mol. The van der Waals surface area contributed by atoms with E-state index in [1.807, 2.05) is 37.3 Å². The van der Waals surface area contributed by atoms with Crippen LogP contribution in [-0.4, -0.2) is 23.4 Å². The summed E-state index contributed by atoms with van der Waals surface area (Å²) < 4.78 is 0. The standard InChI is InChI=1S/C19H25N5O.HI/c1-13(2)15-7-5-8-16(12-15)23-19(20)21-11-10-18(25)24-17-9-4-6-14(3)22-17;/h4-9,12-13H,10-11H2,1-3H3,(H3,20,21,23)(H,22,24,25);1H. The van der Waals surface area contributed by atoms with E-state index in [1.54, 1.807) is 6.07 Å². The van der Waals surface area contributed by atoms with Crippen LogP contribution >= 0.6 is 24.0 Å². The van der Waals surface area contributed by atoms with Gasteiger partial charge < -0.3 is 16.4 Å². The predicted molar refractivity (Wildman–Crippen MR) is 118 cm³/mol. The van der Waals surface area contributed by atoms with Crippen molar-refractivity contribution in [2.75, 3.05) is 17.2 Å². The lowest BCUT2D eigenvalue weighted by molar-refractivity contribution is -0.116. The molecular weight excluding hydrogens is 441 g/mol. The number of benzene rings is 1. The maximum absolute atomic E-state index is 11.9. The Morgan fingerprint density at radius 1 is 1.19 bits per heavy atom. The summed E-state index contributed by atoms with van der Waals surface area (Å²) in [4.78, 5) is 20.3. The minimum Gasteiger partial charge on any atom is -0.370 e. The molecule has 2 aromatic rings. The highest BCUT2D eigenvalue weighted by atomic mass is 127. The Balaban J connectivity index is 0.00000338. The molecule has 0 atom stereocenters. The first kappa shape index (κ1) is 21.9. The van der Waals surface area contributed by atoms with Crippen molar-refractivity contribution in [1.29, 1.82) is 0 Å². The molecule has 0 aliphatic rings. The van der Waals surface area contributed by atoms with Crippen molar-refractivity contribution in [3.8, 4) is 0 Å². The van der Waals surface area contributed by atoms with Crippen LogP contribution in [-0.2, 0) is 4.79 Å².